The fourth-order valence-electron chi connectivity index (χ4n) is 3.18. The Hall–Kier alpha value is -1.92. The minimum atomic E-state index is -0.479. The SMILES string of the molecule is Cc1ccc(C)c(OCC(O)CN2CCC(n3ccnn3)CC2)c1. The smallest absolute Gasteiger partial charge is 0.122 e. The zero-order valence-corrected chi connectivity index (χ0v) is 14.4. The molecule has 1 aromatic carbocycles. The third-order valence-electron chi connectivity index (χ3n) is 4.62. The first kappa shape index (κ1) is 16.9. The second kappa shape index (κ2) is 7.77. The summed E-state index contributed by atoms with van der Waals surface area (Å²) in [6.45, 7) is 6.97. The van der Waals surface area contributed by atoms with Gasteiger partial charge in [-0.15, -0.1) is 5.10 Å². The molecule has 0 radical (unpaired) electrons. The third kappa shape index (κ3) is 4.33. The average Bonchev–Trinajstić information content (AvgIpc) is 3.11. The molecule has 6 nitrogen and oxygen atoms in total. The number of β-amino-alcohol motifs (C(OH)–C–C–N with tert-alkyl or cyclic N) is 1. The summed E-state index contributed by atoms with van der Waals surface area (Å²) in [5.74, 6) is 0.860. The molecule has 1 fully saturated rings. The van der Waals surface area contributed by atoms with E-state index in [4.69, 9.17) is 4.74 Å². The number of aryl methyl sites for hydroxylation is 2. The number of aliphatic hydroxyl groups excluding tert-OH is 1. The van der Waals surface area contributed by atoms with E-state index in [9.17, 15) is 5.11 Å². The molecule has 130 valence electrons. The number of aromatic nitrogens is 3. The van der Waals surface area contributed by atoms with Crippen LogP contribution in [0, 0.1) is 13.8 Å². The van der Waals surface area contributed by atoms with Crippen LogP contribution in [0.25, 0.3) is 0 Å². The molecular formula is C18H26N4O2. The van der Waals surface area contributed by atoms with Crippen molar-refractivity contribution in [1.82, 2.24) is 19.9 Å². The number of piperidine rings is 1. The van der Waals surface area contributed by atoms with Gasteiger partial charge >= 0.3 is 0 Å². The van der Waals surface area contributed by atoms with E-state index in [0.717, 1.165) is 37.2 Å². The molecule has 0 amide bonds. The van der Waals surface area contributed by atoms with Crippen LogP contribution in [0.2, 0.25) is 0 Å². The summed E-state index contributed by atoms with van der Waals surface area (Å²) >= 11 is 0. The second-order valence-electron chi connectivity index (χ2n) is 6.65. The molecule has 0 spiro atoms. The number of rotatable bonds is 6. The van der Waals surface area contributed by atoms with Crippen LogP contribution in [0.4, 0.5) is 0 Å². The first-order valence-corrected chi connectivity index (χ1v) is 8.58. The predicted molar refractivity (Wildman–Crippen MR) is 92.2 cm³/mol. The summed E-state index contributed by atoms with van der Waals surface area (Å²) in [6, 6.07) is 6.56. The van der Waals surface area contributed by atoms with E-state index >= 15 is 0 Å². The normalized spacial score (nSPS) is 17.8. The Bertz CT molecular complexity index is 636. The van der Waals surface area contributed by atoms with Crippen molar-refractivity contribution < 1.29 is 9.84 Å². The highest BCUT2D eigenvalue weighted by atomic mass is 16.5. The summed E-state index contributed by atoms with van der Waals surface area (Å²) in [5.41, 5.74) is 2.27. The van der Waals surface area contributed by atoms with Crippen LogP contribution >= 0.6 is 0 Å². The Morgan fingerprint density at radius 3 is 2.79 bits per heavy atom. The van der Waals surface area contributed by atoms with Gasteiger partial charge in [0.2, 0.25) is 0 Å². The van der Waals surface area contributed by atoms with Gasteiger partial charge in [-0.3, -0.25) is 0 Å². The lowest BCUT2D eigenvalue weighted by molar-refractivity contribution is 0.0547. The number of benzene rings is 1. The molecular weight excluding hydrogens is 304 g/mol. The fourth-order valence-corrected chi connectivity index (χ4v) is 3.18. The van der Waals surface area contributed by atoms with Crippen LogP contribution in [0.15, 0.2) is 30.6 Å². The fraction of sp³-hybridized carbons (Fsp3) is 0.556. The van der Waals surface area contributed by atoms with Gasteiger partial charge in [-0.05, 0) is 43.9 Å². The highest BCUT2D eigenvalue weighted by molar-refractivity contribution is 5.35. The quantitative estimate of drug-likeness (QED) is 0.877. The van der Waals surface area contributed by atoms with Crippen molar-refractivity contribution in [2.24, 2.45) is 0 Å². The van der Waals surface area contributed by atoms with Crippen molar-refractivity contribution in [2.45, 2.75) is 38.8 Å². The number of aliphatic hydroxyl groups is 1. The Labute approximate surface area is 143 Å². The molecule has 1 aliphatic heterocycles. The topological polar surface area (TPSA) is 63.4 Å². The summed E-state index contributed by atoms with van der Waals surface area (Å²) in [4.78, 5) is 2.30. The molecule has 1 saturated heterocycles. The van der Waals surface area contributed by atoms with Crippen LogP contribution in [0.3, 0.4) is 0 Å². The van der Waals surface area contributed by atoms with Gasteiger partial charge in [0, 0.05) is 25.8 Å². The minimum absolute atomic E-state index is 0.327. The molecule has 6 heteroatoms. The van der Waals surface area contributed by atoms with Crippen LogP contribution < -0.4 is 4.74 Å². The first-order valence-electron chi connectivity index (χ1n) is 8.58. The zero-order valence-electron chi connectivity index (χ0n) is 14.4. The lowest BCUT2D eigenvalue weighted by Crippen LogP contribution is -2.41. The summed E-state index contributed by atoms with van der Waals surface area (Å²) in [7, 11) is 0. The Balaban J connectivity index is 1.43. The molecule has 0 aliphatic carbocycles. The highest BCUT2D eigenvalue weighted by Gasteiger charge is 2.22. The van der Waals surface area contributed by atoms with Crippen LogP contribution in [-0.2, 0) is 0 Å². The lowest BCUT2D eigenvalue weighted by atomic mass is 10.1. The van der Waals surface area contributed by atoms with Crippen LogP contribution in [0.1, 0.15) is 30.0 Å². The van der Waals surface area contributed by atoms with Gasteiger partial charge in [-0.25, -0.2) is 4.68 Å². The maximum Gasteiger partial charge on any atom is 0.122 e. The van der Waals surface area contributed by atoms with Gasteiger partial charge in [0.15, 0.2) is 0 Å². The Morgan fingerprint density at radius 1 is 1.29 bits per heavy atom. The highest BCUT2D eigenvalue weighted by Crippen LogP contribution is 2.22. The monoisotopic (exact) mass is 330 g/mol. The standard InChI is InChI=1S/C18H26N4O2/c1-14-3-4-15(2)18(11-14)24-13-17(23)12-21-8-5-16(6-9-21)22-10-7-19-20-22/h3-4,7,10-11,16-17,23H,5-6,8-9,12-13H2,1-2H3. The summed E-state index contributed by atoms with van der Waals surface area (Å²) in [6.07, 6.45) is 5.24. The number of ether oxygens (including phenoxy) is 1. The van der Waals surface area contributed by atoms with Crippen LogP contribution in [-0.4, -0.2) is 57.3 Å². The van der Waals surface area contributed by atoms with E-state index in [1.54, 1.807) is 6.20 Å². The van der Waals surface area contributed by atoms with Gasteiger partial charge < -0.3 is 14.7 Å². The van der Waals surface area contributed by atoms with Crippen molar-refractivity contribution in [3.63, 3.8) is 0 Å². The number of hydrogen-bond acceptors (Lipinski definition) is 5. The lowest BCUT2D eigenvalue weighted by Gasteiger charge is -2.32. The molecule has 1 N–H and O–H groups in total. The largest absolute Gasteiger partial charge is 0.491 e. The first-order chi connectivity index (χ1) is 11.6. The summed E-state index contributed by atoms with van der Waals surface area (Å²) < 4.78 is 7.74. The van der Waals surface area contributed by atoms with Gasteiger partial charge in [-0.2, -0.15) is 0 Å². The van der Waals surface area contributed by atoms with Gasteiger partial charge in [0.05, 0.1) is 12.2 Å². The summed E-state index contributed by atoms with van der Waals surface area (Å²) in [5, 5.41) is 18.2. The van der Waals surface area contributed by atoms with E-state index in [2.05, 4.69) is 21.3 Å². The second-order valence-corrected chi connectivity index (χ2v) is 6.65. The van der Waals surface area contributed by atoms with Crippen molar-refractivity contribution in [3.05, 3.63) is 41.7 Å². The number of likely N-dealkylation sites (tertiary alicyclic amines) is 1. The van der Waals surface area contributed by atoms with Crippen molar-refractivity contribution in [3.8, 4) is 5.75 Å². The van der Waals surface area contributed by atoms with E-state index < -0.39 is 6.10 Å². The van der Waals surface area contributed by atoms with E-state index in [-0.39, 0.29) is 0 Å². The molecule has 0 saturated carbocycles. The molecule has 2 heterocycles. The zero-order chi connectivity index (χ0) is 16.9. The predicted octanol–water partition coefficient (Wildman–Crippen LogP) is 1.97. The maximum absolute atomic E-state index is 10.3. The molecule has 24 heavy (non-hydrogen) atoms. The van der Waals surface area contributed by atoms with E-state index in [1.165, 1.54) is 5.56 Å². The van der Waals surface area contributed by atoms with Gasteiger partial charge in [0.25, 0.3) is 0 Å². The molecule has 2 aromatic rings. The van der Waals surface area contributed by atoms with Gasteiger partial charge in [-0.1, -0.05) is 17.3 Å². The third-order valence-corrected chi connectivity index (χ3v) is 4.62. The molecule has 1 atom stereocenters. The van der Waals surface area contributed by atoms with Gasteiger partial charge in [0.1, 0.15) is 18.5 Å². The molecule has 3 rings (SSSR count). The van der Waals surface area contributed by atoms with Crippen molar-refractivity contribution in [2.75, 3.05) is 26.2 Å². The maximum atomic E-state index is 10.3. The Morgan fingerprint density at radius 2 is 2.08 bits per heavy atom. The molecule has 1 aromatic heterocycles. The number of nitrogens with zero attached hydrogens (tertiary/aromatic N) is 4. The Kier molecular flexibility index (Phi) is 5.48. The average molecular weight is 330 g/mol. The molecule has 1 unspecified atom stereocenters. The number of hydrogen-bond donors (Lipinski definition) is 1. The minimum Gasteiger partial charge on any atom is -0.491 e. The van der Waals surface area contributed by atoms with Crippen molar-refractivity contribution in [1.29, 1.82) is 0 Å². The van der Waals surface area contributed by atoms with E-state index in [1.807, 2.05) is 36.9 Å². The molecule has 1 aliphatic rings. The van der Waals surface area contributed by atoms with E-state index in [0.29, 0.717) is 19.2 Å². The van der Waals surface area contributed by atoms with Crippen LogP contribution in [0.5, 0.6) is 5.75 Å². The van der Waals surface area contributed by atoms with Crippen molar-refractivity contribution >= 4 is 0 Å². The molecule has 0 bridgehead atoms.